The summed E-state index contributed by atoms with van der Waals surface area (Å²) in [6.45, 7) is 12.9. The Morgan fingerprint density at radius 2 is 1.71 bits per heavy atom. The van der Waals surface area contributed by atoms with E-state index in [-0.39, 0.29) is 24.0 Å². The molecule has 7 heteroatoms. The van der Waals surface area contributed by atoms with Crippen molar-refractivity contribution in [2.75, 3.05) is 44.2 Å². The van der Waals surface area contributed by atoms with Gasteiger partial charge in [0.25, 0.3) is 0 Å². The van der Waals surface area contributed by atoms with Crippen LogP contribution in [0.15, 0.2) is 29.3 Å². The Labute approximate surface area is 205 Å². The molecule has 2 saturated heterocycles. The lowest BCUT2D eigenvalue weighted by Gasteiger charge is -2.35. The number of piperidine rings is 2. The summed E-state index contributed by atoms with van der Waals surface area (Å²) in [5, 5.41) is 16.4. The van der Waals surface area contributed by atoms with Crippen LogP contribution in [0.1, 0.15) is 52.0 Å². The fraction of sp³-hybridized carbons (Fsp3) is 0.708. The van der Waals surface area contributed by atoms with Crippen molar-refractivity contribution in [1.82, 2.24) is 15.5 Å². The van der Waals surface area contributed by atoms with E-state index >= 15 is 0 Å². The van der Waals surface area contributed by atoms with Crippen molar-refractivity contribution in [3.8, 4) is 0 Å². The van der Waals surface area contributed by atoms with Gasteiger partial charge in [-0.15, -0.1) is 24.0 Å². The highest BCUT2D eigenvalue weighted by Crippen LogP contribution is 2.23. The van der Waals surface area contributed by atoms with Gasteiger partial charge in [0.2, 0.25) is 0 Å². The van der Waals surface area contributed by atoms with Crippen molar-refractivity contribution < 1.29 is 5.11 Å². The summed E-state index contributed by atoms with van der Waals surface area (Å²) in [5.41, 5.74) is 2.51. The van der Waals surface area contributed by atoms with Crippen LogP contribution in [-0.4, -0.2) is 67.4 Å². The molecule has 1 aromatic carbocycles. The number of hydrogen-bond donors (Lipinski definition) is 3. The first-order valence-electron chi connectivity index (χ1n) is 11.8. The number of anilines is 1. The van der Waals surface area contributed by atoms with Crippen LogP contribution < -0.4 is 15.5 Å². The molecule has 176 valence electrons. The van der Waals surface area contributed by atoms with Crippen LogP contribution in [0.4, 0.5) is 5.69 Å². The second kappa shape index (κ2) is 13.5. The van der Waals surface area contributed by atoms with Gasteiger partial charge in [-0.25, -0.2) is 4.99 Å². The maximum Gasteiger partial charge on any atom is 0.191 e. The Morgan fingerprint density at radius 3 is 2.26 bits per heavy atom. The summed E-state index contributed by atoms with van der Waals surface area (Å²) >= 11 is 0. The van der Waals surface area contributed by atoms with Crippen LogP contribution in [0.2, 0.25) is 0 Å². The summed E-state index contributed by atoms with van der Waals surface area (Å²) in [7, 11) is 0. The zero-order valence-electron chi connectivity index (χ0n) is 19.5. The van der Waals surface area contributed by atoms with Crippen LogP contribution in [0.3, 0.4) is 0 Å². The molecule has 0 saturated carbocycles. The number of likely N-dealkylation sites (tertiary alicyclic amines) is 1. The average molecular weight is 544 g/mol. The van der Waals surface area contributed by atoms with Gasteiger partial charge < -0.3 is 25.5 Å². The lowest BCUT2D eigenvalue weighted by molar-refractivity contribution is 0.167. The van der Waals surface area contributed by atoms with Crippen molar-refractivity contribution in [1.29, 1.82) is 0 Å². The predicted molar refractivity (Wildman–Crippen MR) is 142 cm³/mol. The fourth-order valence-corrected chi connectivity index (χ4v) is 4.43. The van der Waals surface area contributed by atoms with Gasteiger partial charge in [-0.2, -0.15) is 0 Å². The van der Waals surface area contributed by atoms with E-state index in [9.17, 15) is 5.11 Å². The standard InChI is InChI=1S/C24H41N5O.HI/c1-4-25-24(27-22-11-15-28(16-12-22)19(2)3)26-17-20-5-7-23(8-6-20)29-13-9-21(18-30)10-14-29;/h5-8,19,21-22,30H,4,9-18H2,1-3H3,(H2,25,26,27);1H. The lowest BCUT2D eigenvalue weighted by Crippen LogP contribution is -2.49. The normalized spacial score (nSPS) is 19.4. The second-order valence-corrected chi connectivity index (χ2v) is 9.02. The molecule has 2 aliphatic rings. The van der Waals surface area contributed by atoms with E-state index in [4.69, 9.17) is 4.99 Å². The quantitative estimate of drug-likeness (QED) is 0.280. The van der Waals surface area contributed by atoms with Gasteiger partial charge in [0.05, 0.1) is 6.54 Å². The number of benzene rings is 1. The predicted octanol–water partition coefficient (Wildman–Crippen LogP) is 3.44. The highest BCUT2D eigenvalue weighted by Gasteiger charge is 2.21. The molecular weight excluding hydrogens is 501 g/mol. The Bertz CT molecular complexity index is 650. The first-order chi connectivity index (χ1) is 14.6. The third kappa shape index (κ3) is 8.09. The Balaban J connectivity index is 0.00000341. The number of halogens is 1. The molecule has 0 atom stereocenters. The number of aliphatic imine (C=N–C) groups is 1. The summed E-state index contributed by atoms with van der Waals surface area (Å²) in [5.74, 6) is 1.40. The summed E-state index contributed by atoms with van der Waals surface area (Å²) in [4.78, 5) is 9.81. The number of nitrogens with zero attached hydrogens (tertiary/aromatic N) is 3. The molecule has 6 nitrogen and oxygen atoms in total. The molecule has 0 bridgehead atoms. The highest BCUT2D eigenvalue weighted by atomic mass is 127. The Morgan fingerprint density at radius 1 is 1.06 bits per heavy atom. The van der Waals surface area contributed by atoms with Crippen molar-refractivity contribution in [2.24, 2.45) is 10.9 Å². The van der Waals surface area contributed by atoms with Crippen LogP contribution >= 0.6 is 24.0 Å². The molecule has 2 fully saturated rings. The van der Waals surface area contributed by atoms with E-state index in [1.807, 2.05) is 0 Å². The van der Waals surface area contributed by atoms with Gasteiger partial charge in [-0.05, 0) is 70.1 Å². The smallest absolute Gasteiger partial charge is 0.191 e. The van der Waals surface area contributed by atoms with E-state index in [1.54, 1.807) is 0 Å². The zero-order chi connectivity index (χ0) is 21.3. The molecule has 2 aliphatic heterocycles. The minimum absolute atomic E-state index is 0. The minimum Gasteiger partial charge on any atom is -0.396 e. The molecule has 31 heavy (non-hydrogen) atoms. The average Bonchev–Trinajstić information content (AvgIpc) is 2.78. The molecular formula is C24H42IN5O. The van der Waals surface area contributed by atoms with Gasteiger partial charge in [-0.3, -0.25) is 0 Å². The lowest BCUT2D eigenvalue weighted by atomic mass is 9.97. The van der Waals surface area contributed by atoms with E-state index in [2.05, 4.69) is 65.5 Å². The number of hydrogen-bond acceptors (Lipinski definition) is 4. The number of guanidine groups is 1. The fourth-order valence-electron chi connectivity index (χ4n) is 4.43. The number of nitrogens with one attached hydrogen (secondary N) is 2. The molecule has 0 spiro atoms. The maximum absolute atomic E-state index is 9.32. The van der Waals surface area contributed by atoms with Gasteiger partial charge in [0.1, 0.15) is 0 Å². The second-order valence-electron chi connectivity index (χ2n) is 9.02. The van der Waals surface area contributed by atoms with Gasteiger partial charge in [0.15, 0.2) is 5.96 Å². The molecule has 3 N–H and O–H groups in total. The first-order valence-corrected chi connectivity index (χ1v) is 11.8. The van der Waals surface area contributed by atoms with E-state index in [0.717, 1.165) is 51.5 Å². The summed E-state index contributed by atoms with van der Waals surface area (Å²) in [6.07, 6.45) is 4.50. The molecule has 2 heterocycles. The molecule has 0 amide bonds. The van der Waals surface area contributed by atoms with E-state index in [1.165, 1.54) is 24.1 Å². The summed E-state index contributed by atoms with van der Waals surface area (Å²) in [6, 6.07) is 9.96. The topological polar surface area (TPSA) is 63.1 Å². The van der Waals surface area contributed by atoms with Gasteiger partial charge in [-0.1, -0.05) is 12.1 Å². The van der Waals surface area contributed by atoms with Gasteiger partial charge >= 0.3 is 0 Å². The largest absolute Gasteiger partial charge is 0.396 e. The van der Waals surface area contributed by atoms with E-state index < -0.39 is 0 Å². The first kappa shape index (κ1) is 26.2. The summed E-state index contributed by atoms with van der Waals surface area (Å²) < 4.78 is 0. The highest BCUT2D eigenvalue weighted by molar-refractivity contribution is 14.0. The molecule has 1 aromatic rings. The van der Waals surface area contributed by atoms with Crippen molar-refractivity contribution in [3.63, 3.8) is 0 Å². The van der Waals surface area contributed by atoms with Crippen molar-refractivity contribution >= 4 is 35.6 Å². The third-order valence-corrected chi connectivity index (χ3v) is 6.54. The third-order valence-electron chi connectivity index (χ3n) is 6.54. The molecule has 0 radical (unpaired) electrons. The van der Waals surface area contributed by atoms with Crippen molar-refractivity contribution in [2.45, 2.75) is 65.1 Å². The molecule has 0 unspecified atom stereocenters. The van der Waals surface area contributed by atoms with Crippen molar-refractivity contribution in [3.05, 3.63) is 29.8 Å². The van der Waals surface area contributed by atoms with E-state index in [0.29, 0.717) is 31.2 Å². The van der Waals surface area contributed by atoms with Crippen LogP contribution in [0.25, 0.3) is 0 Å². The van der Waals surface area contributed by atoms with Gasteiger partial charge in [0, 0.05) is 57.1 Å². The maximum atomic E-state index is 9.32. The van der Waals surface area contributed by atoms with Crippen LogP contribution in [0.5, 0.6) is 0 Å². The number of rotatable bonds is 7. The number of aliphatic hydroxyl groups excluding tert-OH is 1. The molecule has 3 rings (SSSR count). The monoisotopic (exact) mass is 543 g/mol. The molecule has 0 aliphatic carbocycles. The Hall–Kier alpha value is -1.06. The van der Waals surface area contributed by atoms with Crippen LogP contribution in [-0.2, 0) is 6.54 Å². The SMILES string of the molecule is CCNC(=NCc1ccc(N2CCC(CO)CC2)cc1)NC1CCN(C(C)C)CC1.I. The zero-order valence-corrected chi connectivity index (χ0v) is 21.8. The number of aliphatic hydroxyl groups is 1. The molecule has 0 aromatic heterocycles. The van der Waals surface area contributed by atoms with Crippen LogP contribution in [0, 0.1) is 5.92 Å². The minimum atomic E-state index is 0. The Kier molecular flexibility index (Phi) is 11.4.